The van der Waals surface area contributed by atoms with Crippen molar-refractivity contribution in [2.75, 3.05) is 19.8 Å². The molecule has 0 amide bonds. The Morgan fingerprint density at radius 1 is 0.657 bits per heavy atom. The van der Waals surface area contributed by atoms with Gasteiger partial charge in [0.25, 0.3) is 0 Å². The lowest BCUT2D eigenvalue weighted by Gasteiger charge is -2.31. The highest BCUT2D eigenvalue weighted by Gasteiger charge is 2.40. The maximum Gasteiger partial charge on any atom is 0.334 e. The number of carbonyl (C=O) groups excluding carboxylic acids is 1. The normalized spacial score (nSPS) is 12.7. The number of ketones is 1. The van der Waals surface area contributed by atoms with Crippen molar-refractivity contribution in [2.45, 2.75) is 116 Å². The van der Waals surface area contributed by atoms with E-state index in [1.165, 1.54) is 77.0 Å². The molecule has 8 N–H and O–H groups in total. The molecule has 0 heterocycles. The van der Waals surface area contributed by atoms with Gasteiger partial charge < -0.3 is 40.0 Å². The van der Waals surface area contributed by atoms with Crippen LogP contribution in [-0.2, 0) is 9.11 Å². The Morgan fingerprint density at radius 2 is 0.971 bits per heavy atom. The van der Waals surface area contributed by atoms with Crippen molar-refractivity contribution in [3.63, 3.8) is 0 Å². The fraction of sp³-hybridized carbons (Fsp3) is 0.957. The molecule has 10 nitrogen and oxygen atoms in total. The monoisotopic (exact) mass is 548 g/mol. The van der Waals surface area contributed by atoms with Gasteiger partial charge in [0, 0.05) is 6.42 Å². The van der Waals surface area contributed by atoms with Crippen LogP contribution in [0.3, 0.4) is 0 Å². The van der Waals surface area contributed by atoms with Gasteiger partial charge in [0.1, 0.15) is 6.10 Å². The largest absolute Gasteiger partial charge is 0.395 e. The van der Waals surface area contributed by atoms with Gasteiger partial charge in [-0.1, -0.05) is 96.8 Å². The molecule has 0 aliphatic rings. The van der Waals surface area contributed by atoms with Crippen molar-refractivity contribution >= 4 is 23.0 Å². The third-order valence-corrected chi connectivity index (χ3v) is 7.17. The molecule has 0 saturated carbocycles. The van der Waals surface area contributed by atoms with E-state index in [1.54, 1.807) is 0 Å². The van der Waals surface area contributed by atoms with Crippen LogP contribution in [0.1, 0.15) is 110 Å². The number of hydrogen-bond donors (Lipinski definition) is 8. The van der Waals surface area contributed by atoms with Gasteiger partial charge in [-0.15, -0.1) is 0 Å². The van der Waals surface area contributed by atoms with Gasteiger partial charge in [0.2, 0.25) is 0 Å². The Hall–Kier alpha value is 0.170. The summed E-state index contributed by atoms with van der Waals surface area (Å²) in [4.78, 5) is 43.3. The van der Waals surface area contributed by atoms with Crippen molar-refractivity contribution in [1.82, 2.24) is 0 Å². The van der Waals surface area contributed by atoms with Crippen molar-refractivity contribution < 1.29 is 49.1 Å². The summed E-state index contributed by atoms with van der Waals surface area (Å²) in [6.07, 6.45) is 17.5. The second kappa shape index (κ2) is 25.8. The topological polar surface area (TPSA) is 188 Å². The number of aliphatic hydroxyl groups excluding tert-OH is 4. The Kier molecular flexibility index (Phi) is 27.5. The molecule has 0 fully saturated rings. The van der Waals surface area contributed by atoms with E-state index >= 15 is 0 Å². The zero-order valence-corrected chi connectivity index (χ0v) is 23.1. The zero-order valence-electron chi connectivity index (χ0n) is 21.3. The minimum atomic E-state index is -2.61. The van der Waals surface area contributed by atoms with Crippen LogP contribution in [0.2, 0.25) is 0 Å². The van der Waals surface area contributed by atoms with Crippen molar-refractivity contribution in [2.24, 2.45) is 5.41 Å². The van der Waals surface area contributed by atoms with E-state index in [2.05, 4.69) is 11.2 Å². The van der Waals surface area contributed by atoms with Crippen LogP contribution in [-0.4, -0.2) is 71.7 Å². The third kappa shape index (κ3) is 21.9. The lowest BCUT2D eigenvalue weighted by Crippen LogP contribution is -2.49. The van der Waals surface area contributed by atoms with Crippen LogP contribution in [0.5, 0.6) is 0 Å². The molecule has 0 aromatic heterocycles. The van der Waals surface area contributed by atoms with Crippen LogP contribution >= 0.6 is 17.2 Å². The summed E-state index contributed by atoms with van der Waals surface area (Å²) in [5.41, 5.74) is -1.54. The van der Waals surface area contributed by atoms with Crippen LogP contribution in [0, 0.1) is 5.41 Å². The van der Waals surface area contributed by atoms with Crippen LogP contribution < -0.4 is 0 Å². The number of unbranched alkanes of at least 4 members (excludes halogenated alkanes) is 14. The average molecular weight is 549 g/mol. The third-order valence-electron chi connectivity index (χ3n) is 6.00. The van der Waals surface area contributed by atoms with Crippen molar-refractivity contribution in [3.05, 3.63) is 0 Å². The van der Waals surface area contributed by atoms with E-state index in [9.17, 15) is 25.2 Å². The molecule has 1 unspecified atom stereocenters. The highest BCUT2D eigenvalue weighted by molar-refractivity contribution is 7.53. The first kappa shape index (κ1) is 37.3. The summed E-state index contributed by atoms with van der Waals surface area (Å²) < 4.78 is 3.60. The van der Waals surface area contributed by atoms with E-state index in [1.807, 2.05) is 0 Å². The van der Waals surface area contributed by atoms with Crippen LogP contribution in [0.4, 0.5) is 0 Å². The standard InChI is InChI=1S/C23H46O5.H4O5P2/c1-2-3-4-5-6-7-8-9-10-11-12-13-14-15-16-17-21(27)22(28)23(18-24,19-25)20-26;1-6(2)5-7(3)4/h22,24-26,28H,2-20H2,1H3;1-4H. The molecule has 0 aromatic rings. The first-order valence-electron chi connectivity index (χ1n) is 12.8. The van der Waals surface area contributed by atoms with Crippen LogP contribution in [0.25, 0.3) is 0 Å². The smallest absolute Gasteiger partial charge is 0.334 e. The molecule has 1 atom stereocenters. The molecule has 0 aliphatic heterocycles. The predicted molar refractivity (Wildman–Crippen MR) is 138 cm³/mol. The summed E-state index contributed by atoms with van der Waals surface area (Å²) in [7, 11) is -5.22. The maximum atomic E-state index is 12.0. The summed E-state index contributed by atoms with van der Waals surface area (Å²) >= 11 is 0. The Morgan fingerprint density at radius 3 is 1.23 bits per heavy atom. The molecule has 0 aromatic carbocycles. The lowest BCUT2D eigenvalue weighted by atomic mass is 9.81. The molecular formula is C23H50O10P2. The fourth-order valence-electron chi connectivity index (χ4n) is 3.62. The quantitative estimate of drug-likeness (QED) is 0.0692. The summed E-state index contributed by atoms with van der Waals surface area (Å²) in [6.45, 7) is 0.396. The van der Waals surface area contributed by atoms with Gasteiger partial charge in [-0.25, -0.2) is 4.31 Å². The predicted octanol–water partition coefficient (Wildman–Crippen LogP) is 3.57. The summed E-state index contributed by atoms with van der Waals surface area (Å²) in [6, 6.07) is 0. The van der Waals surface area contributed by atoms with E-state index in [4.69, 9.17) is 19.6 Å². The zero-order chi connectivity index (χ0) is 27.0. The molecule has 0 radical (unpaired) electrons. The van der Waals surface area contributed by atoms with Crippen LogP contribution in [0.15, 0.2) is 0 Å². The van der Waals surface area contributed by atoms with E-state index < -0.39 is 54.3 Å². The summed E-state index contributed by atoms with van der Waals surface area (Å²) in [5.74, 6) is -0.410. The van der Waals surface area contributed by atoms with Gasteiger partial charge in [-0.05, 0) is 6.42 Å². The SMILES string of the molecule is CCCCCCCCCCCCCCCCCC(=O)C(O)C(CO)(CO)CO.OP(O)OP(O)O. The Balaban J connectivity index is 0. The number of hydrogen-bond acceptors (Lipinski definition) is 10. The minimum absolute atomic E-state index is 0.223. The second-order valence-electron chi connectivity index (χ2n) is 8.99. The molecule has 0 bridgehead atoms. The summed E-state index contributed by atoms with van der Waals surface area (Å²) in [5, 5.41) is 37.8. The highest BCUT2D eigenvalue weighted by atomic mass is 31.2. The number of carbonyl (C=O) groups is 1. The van der Waals surface area contributed by atoms with Crippen molar-refractivity contribution in [1.29, 1.82) is 0 Å². The number of rotatable bonds is 23. The lowest BCUT2D eigenvalue weighted by molar-refractivity contribution is -0.144. The second-order valence-corrected chi connectivity index (χ2v) is 10.7. The average Bonchev–Trinajstić information content (AvgIpc) is 2.82. The molecule has 212 valence electrons. The number of Topliss-reactive ketones (excluding diaryl/α,β-unsaturated/α-hetero) is 1. The molecular weight excluding hydrogens is 498 g/mol. The number of aliphatic hydroxyl groups is 4. The molecule has 0 rings (SSSR count). The maximum absolute atomic E-state index is 12.0. The molecule has 0 saturated heterocycles. The van der Waals surface area contributed by atoms with Gasteiger partial charge in [0.05, 0.1) is 25.2 Å². The van der Waals surface area contributed by atoms with E-state index in [-0.39, 0.29) is 6.42 Å². The van der Waals surface area contributed by atoms with Crippen molar-refractivity contribution in [3.8, 4) is 0 Å². The van der Waals surface area contributed by atoms with E-state index in [0.29, 0.717) is 6.42 Å². The van der Waals surface area contributed by atoms with Gasteiger partial charge in [0.15, 0.2) is 5.78 Å². The van der Waals surface area contributed by atoms with E-state index in [0.717, 1.165) is 12.8 Å². The van der Waals surface area contributed by atoms with Gasteiger partial charge in [-0.2, -0.15) is 0 Å². The first-order chi connectivity index (χ1) is 16.7. The minimum Gasteiger partial charge on any atom is -0.395 e. The van der Waals surface area contributed by atoms with Gasteiger partial charge >= 0.3 is 17.2 Å². The highest BCUT2D eigenvalue weighted by Crippen LogP contribution is 2.41. The Labute approximate surface area is 213 Å². The molecule has 0 spiro atoms. The molecule has 12 heteroatoms. The first-order valence-corrected chi connectivity index (χ1v) is 15.1. The fourth-order valence-corrected chi connectivity index (χ4v) is 4.15. The van der Waals surface area contributed by atoms with Gasteiger partial charge in [-0.3, -0.25) is 4.79 Å². The molecule has 0 aliphatic carbocycles. The molecule has 35 heavy (non-hydrogen) atoms. The Bertz CT molecular complexity index is 451.